The average molecular weight is 363 g/mol. The SMILES string of the molecule is O=C(CNc1ccc(Br)cc1)N1CCSc2ccccc21. The van der Waals surface area contributed by atoms with Crippen molar-refractivity contribution in [3.63, 3.8) is 0 Å². The Morgan fingerprint density at radius 2 is 1.95 bits per heavy atom. The van der Waals surface area contributed by atoms with Gasteiger partial charge in [-0.2, -0.15) is 0 Å². The van der Waals surface area contributed by atoms with E-state index in [0.717, 1.165) is 28.1 Å². The number of hydrogen-bond acceptors (Lipinski definition) is 3. The first-order valence-corrected chi connectivity index (χ1v) is 8.53. The van der Waals surface area contributed by atoms with Crippen molar-refractivity contribution in [3.05, 3.63) is 53.0 Å². The summed E-state index contributed by atoms with van der Waals surface area (Å²) >= 11 is 5.21. The van der Waals surface area contributed by atoms with Crippen LogP contribution in [-0.4, -0.2) is 24.7 Å². The number of nitrogens with zero attached hydrogens (tertiary/aromatic N) is 1. The highest BCUT2D eigenvalue weighted by atomic mass is 79.9. The van der Waals surface area contributed by atoms with Gasteiger partial charge in [0.05, 0.1) is 12.2 Å². The second-order valence-electron chi connectivity index (χ2n) is 4.72. The maximum Gasteiger partial charge on any atom is 0.246 e. The Kier molecular flexibility index (Phi) is 4.51. The third-order valence-electron chi connectivity index (χ3n) is 3.32. The van der Waals surface area contributed by atoms with Gasteiger partial charge in [-0.05, 0) is 36.4 Å². The zero-order valence-electron chi connectivity index (χ0n) is 11.4. The summed E-state index contributed by atoms with van der Waals surface area (Å²) in [6, 6.07) is 15.9. The standard InChI is InChI=1S/C16H15BrN2OS/c17-12-5-7-13(8-6-12)18-11-16(20)19-9-10-21-15-4-2-1-3-14(15)19/h1-8,18H,9-11H2. The minimum Gasteiger partial charge on any atom is -0.376 e. The molecule has 0 saturated carbocycles. The van der Waals surface area contributed by atoms with Crippen molar-refractivity contribution in [3.8, 4) is 0 Å². The number of para-hydroxylation sites is 1. The fourth-order valence-corrected chi connectivity index (χ4v) is 3.53. The second kappa shape index (κ2) is 6.54. The van der Waals surface area contributed by atoms with Crippen LogP contribution in [-0.2, 0) is 4.79 Å². The van der Waals surface area contributed by atoms with Crippen LogP contribution in [0.15, 0.2) is 57.9 Å². The summed E-state index contributed by atoms with van der Waals surface area (Å²) in [5.41, 5.74) is 1.97. The highest BCUT2D eigenvalue weighted by Crippen LogP contribution is 2.34. The molecule has 1 aliphatic rings. The number of anilines is 2. The summed E-state index contributed by atoms with van der Waals surface area (Å²) in [5, 5.41) is 3.18. The Hall–Kier alpha value is -1.46. The van der Waals surface area contributed by atoms with Crippen LogP contribution in [0, 0.1) is 0 Å². The van der Waals surface area contributed by atoms with E-state index in [0.29, 0.717) is 6.54 Å². The predicted molar refractivity (Wildman–Crippen MR) is 92.2 cm³/mol. The molecule has 5 heteroatoms. The molecule has 2 aromatic rings. The Bertz CT molecular complexity index is 645. The van der Waals surface area contributed by atoms with Crippen molar-refractivity contribution in [2.75, 3.05) is 29.1 Å². The molecule has 0 saturated heterocycles. The molecule has 0 aromatic heterocycles. The van der Waals surface area contributed by atoms with Crippen molar-refractivity contribution in [1.29, 1.82) is 0 Å². The summed E-state index contributed by atoms with van der Waals surface area (Å²) in [5.74, 6) is 1.05. The van der Waals surface area contributed by atoms with Crippen LogP contribution in [0.25, 0.3) is 0 Å². The third kappa shape index (κ3) is 3.41. The number of halogens is 1. The molecule has 1 aliphatic heterocycles. The largest absolute Gasteiger partial charge is 0.376 e. The number of fused-ring (bicyclic) bond motifs is 1. The van der Waals surface area contributed by atoms with E-state index in [2.05, 4.69) is 27.3 Å². The lowest BCUT2D eigenvalue weighted by molar-refractivity contribution is -0.117. The van der Waals surface area contributed by atoms with Gasteiger partial charge in [-0.3, -0.25) is 4.79 Å². The third-order valence-corrected chi connectivity index (χ3v) is 4.89. The lowest BCUT2D eigenvalue weighted by Gasteiger charge is -2.29. The molecule has 0 fully saturated rings. The van der Waals surface area contributed by atoms with Crippen LogP contribution in [0.1, 0.15) is 0 Å². The summed E-state index contributed by atoms with van der Waals surface area (Å²) in [4.78, 5) is 15.5. The molecule has 3 rings (SSSR count). The van der Waals surface area contributed by atoms with Crippen molar-refractivity contribution in [1.82, 2.24) is 0 Å². The normalized spacial score (nSPS) is 13.7. The van der Waals surface area contributed by atoms with Crippen LogP contribution < -0.4 is 10.2 Å². The van der Waals surface area contributed by atoms with Crippen LogP contribution in [0.2, 0.25) is 0 Å². The van der Waals surface area contributed by atoms with Crippen LogP contribution in [0.5, 0.6) is 0 Å². The van der Waals surface area contributed by atoms with Gasteiger partial charge in [0.1, 0.15) is 0 Å². The van der Waals surface area contributed by atoms with Crippen molar-refractivity contribution >= 4 is 45.0 Å². The van der Waals surface area contributed by atoms with Gasteiger partial charge in [0.25, 0.3) is 0 Å². The first-order chi connectivity index (χ1) is 10.2. The van der Waals surface area contributed by atoms with E-state index in [1.807, 2.05) is 47.4 Å². The molecule has 2 aromatic carbocycles. The molecule has 1 N–H and O–H groups in total. The Morgan fingerprint density at radius 3 is 2.76 bits per heavy atom. The van der Waals surface area contributed by atoms with Crippen molar-refractivity contribution in [2.45, 2.75) is 4.90 Å². The van der Waals surface area contributed by atoms with Gasteiger partial charge in [-0.25, -0.2) is 0 Å². The van der Waals surface area contributed by atoms with E-state index < -0.39 is 0 Å². The van der Waals surface area contributed by atoms with Gasteiger partial charge >= 0.3 is 0 Å². The van der Waals surface area contributed by atoms with E-state index in [-0.39, 0.29) is 5.91 Å². The number of rotatable bonds is 3. The number of amides is 1. The average Bonchev–Trinajstić information content (AvgIpc) is 2.53. The highest BCUT2D eigenvalue weighted by Gasteiger charge is 2.22. The zero-order valence-corrected chi connectivity index (χ0v) is 13.8. The minimum absolute atomic E-state index is 0.102. The quantitative estimate of drug-likeness (QED) is 0.895. The number of nitrogens with one attached hydrogen (secondary N) is 1. The van der Waals surface area contributed by atoms with E-state index in [4.69, 9.17) is 0 Å². The van der Waals surface area contributed by atoms with E-state index in [9.17, 15) is 4.79 Å². The van der Waals surface area contributed by atoms with Crippen LogP contribution >= 0.6 is 27.7 Å². The van der Waals surface area contributed by atoms with Crippen LogP contribution in [0.3, 0.4) is 0 Å². The highest BCUT2D eigenvalue weighted by molar-refractivity contribution is 9.10. The Labute approximate surface area is 136 Å². The Balaban J connectivity index is 1.68. The molecule has 108 valence electrons. The maximum atomic E-state index is 12.4. The molecular weight excluding hydrogens is 348 g/mol. The molecule has 21 heavy (non-hydrogen) atoms. The van der Waals surface area contributed by atoms with E-state index >= 15 is 0 Å². The fourth-order valence-electron chi connectivity index (χ4n) is 2.27. The smallest absolute Gasteiger partial charge is 0.246 e. The topological polar surface area (TPSA) is 32.3 Å². The summed E-state index contributed by atoms with van der Waals surface area (Å²) in [6.07, 6.45) is 0. The fraction of sp³-hybridized carbons (Fsp3) is 0.188. The summed E-state index contributed by atoms with van der Waals surface area (Å²) in [7, 11) is 0. The van der Waals surface area contributed by atoms with Gasteiger partial charge in [-0.1, -0.05) is 28.1 Å². The van der Waals surface area contributed by atoms with E-state index in [1.165, 1.54) is 4.90 Å². The summed E-state index contributed by atoms with van der Waals surface area (Å²) in [6.45, 7) is 1.07. The van der Waals surface area contributed by atoms with Gasteiger partial charge in [-0.15, -0.1) is 11.8 Å². The van der Waals surface area contributed by atoms with E-state index in [1.54, 1.807) is 11.8 Å². The first kappa shape index (κ1) is 14.5. The first-order valence-electron chi connectivity index (χ1n) is 6.76. The Morgan fingerprint density at radius 1 is 1.19 bits per heavy atom. The predicted octanol–water partition coefficient (Wildman–Crippen LogP) is 4.00. The van der Waals surface area contributed by atoms with Gasteiger partial charge in [0.2, 0.25) is 5.91 Å². The second-order valence-corrected chi connectivity index (χ2v) is 6.77. The summed E-state index contributed by atoms with van der Waals surface area (Å²) < 4.78 is 1.03. The number of carbonyl (C=O) groups excluding carboxylic acids is 1. The molecular formula is C16H15BrN2OS. The molecule has 1 amide bonds. The number of thioether (sulfide) groups is 1. The molecule has 0 bridgehead atoms. The molecule has 0 radical (unpaired) electrons. The molecule has 3 nitrogen and oxygen atoms in total. The molecule has 0 atom stereocenters. The lowest BCUT2D eigenvalue weighted by atomic mass is 10.2. The van der Waals surface area contributed by atoms with Gasteiger partial charge in [0, 0.05) is 27.4 Å². The molecule has 1 heterocycles. The maximum absolute atomic E-state index is 12.4. The molecule has 0 aliphatic carbocycles. The van der Waals surface area contributed by atoms with Crippen LogP contribution in [0.4, 0.5) is 11.4 Å². The van der Waals surface area contributed by atoms with Gasteiger partial charge in [0.15, 0.2) is 0 Å². The monoisotopic (exact) mass is 362 g/mol. The zero-order chi connectivity index (χ0) is 14.7. The minimum atomic E-state index is 0.102. The van der Waals surface area contributed by atoms with Crippen molar-refractivity contribution in [2.24, 2.45) is 0 Å². The van der Waals surface area contributed by atoms with Gasteiger partial charge < -0.3 is 10.2 Å². The number of carbonyl (C=O) groups is 1. The number of hydrogen-bond donors (Lipinski definition) is 1. The number of benzene rings is 2. The molecule has 0 spiro atoms. The van der Waals surface area contributed by atoms with Crippen molar-refractivity contribution < 1.29 is 4.79 Å². The molecule has 0 unspecified atom stereocenters. The lowest BCUT2D eigenvalue weighted by Crippen LogP contribution is -2.39.